The molecule has 0 bridgehead atoms. The maximum Gasteiger partial charge on any atom is 0.212 e. The van der Waals surface area contributed by atoms with Crippen LogP contribution in [0.2, 0.25) is 0 Å². The van der Waals surface area contributed by atoms with Crippen molar-refractivity contribution in [1.82, 2.24) is 14.9 Å². The Morgan fingerprint density at radius 1 is 1.04 bits per heavy atom. The summed E-state index contributed by atoms with van der Waals surface area (Å²) < 4.78 is 12.6. The molecule has 0 amide bonds. The van der Waals surface area contributed by atoms with Gasteiger partial charge in [0, 0.05) is 11.3 Å². The summed E-state index contributed by atoms with van der Waals surface area (Å²) >= 11 is 1.63. The minimum atomic E-state index is 0.622. The first kappa shape index (κ1) is 16.7. The van der Waals surface area contributed by atoms with Gasteiger partial charge in [0.05, 0.1) is 19.4 Å². The van der Waals surface area contributed by atoms with Crippen LogP contribution in [0.15, 0.2) is 58.8 Å². The normalized spacial score (nSPS) is 13.1. The number of fused-ring (bicyclic) bond motifs is 1. The summed E-state index contributed by atoms with van der Waals surface area (Å²) in [4.78, 5) is 0. The van der Waals surface area contributed by atoms with Crippen molar-refractivity contribution in [2.45, 2.75) is 12.1 Å². The van der Waals surface area contributed by atoms with Gasteiger partial charge < -0.3 is 9.47 Å². The summed E-state index contributed by atoms with van der Waals surface area (Å²) in [7, 11) is 1.66. The van der Waals surface area contributed by atoms with Gasteiger partial charge >= 0.3 is 0 Å². The molecule has 1 aromatic heterocycles. The highest BCUT2D eigenvalue weighted by Crippen LogP contribution is 2.30. The lowest BCUT2D eigenvalue weighted by atomic mass is 10.1. The Hall–Kier alpha value is -2.80. The summed E-state index contributed by atoms with van der Waals surface area (Å²) in [5, 5.41) is 14.2. The van der Waals surface area contributed by atoms with Crippen molar-refractivity contribution >= 4 is 17.5 Å². The highest BCUT2D eigenvalue weighted by molar-refractivity contribution is 7.99. The number of hydrogen-bond donors (Lipinski definition) is 0. The van der Waals surface area contributed by atoms with Crippen molar-refractivity contribution < 1.29 is 9.47 Å². The summed E-state index contributed by atoms with van der Waals surface area (Å²) in [6.45, 7) is 2.59. The molecule has 0 N–H and O–H groups in total. The molecule has 4 rings (SSSR count). The second kappa shape index (κ2) is 7.21. The summed E-state index contributed by atoms with van der Waals surface area (Å²) in [5.41, 5.74) is 2.97. The van der Waals surface area contributed by atoms with Crippen molar-refractivity contribution in [2.75, 3.05) is 19.5 Å². The number of benzene rings is 2. The molecule has 132 valence electrons. The van der Waals surface area contributed by atoms with E-state index in [1.165, 1.54) is 0 Å². The minimum Gasteiger partial charge on any atom is -0.497 e. The molecule has 1 aliphatic heterocycles. The zero-order chi connectivity index (χ0) is 17.9. The smallest absolute Gasteiger partial charge is 0.212 e. The fraction of sp³-hybridized carbons (Fsp3) is 0.211. The van der Waals surface area contributed by atoms with Gasteiger partial charge in [0.1, 0.15) is 11.5 Å². The van der Waals surface area contributed by atoms with Gasteiger partial charge in [-0.15, -0.1) is 10.2 Å². The third-order valence-electron chi connectivity index (χ3n) is 4.00. The van der Waals surface area contributed by atoms with Gasteiger partial charge in [0.2, 0.25) is 5.16 Å². The largest absolute Gasteiger partial charge is 0.497 e. The van der Waals surface area contributed by atoms with Crippen LogP contribution in [-0.4, -0.2) is 40.1 Å². The third-order valence-corrected chi connectivity index (χ3v) is 4.93. The first-order valence-corrected chi connectivity index (χ1v) is 9.30. The van der Waals surface area contributed by atoms with E-state index in [-0.39, 0.29) is 0 Å². The van der Waals surface area contributed by atoms with E-state index in [4.69, 9.17) is 14.6 Å². The highest BCUT2D eigenvalue weighted by atomic mass is 32.2. The average molecular weight is 366 g/mol. The number of ether oxygens (including phenoxy) is 2. The average Bonchev–Trinajstić information content (AvgIpc) is 3.12. The van der Waals surface area contributed by atoms with Crippen molar-refractivity contribution in [3.05, 3.63) is 54.1 Å². The fourth-order valence-corrected chi connectivity index (χ4v) is 3.56. The lowest BCUT2D eigenvalue weighted by Gasteiger charge is -2.14. The lowest BCUT2D eigenvalue weighted by Crippen LogP contribution is -2.13. The Kier molecular flexibility index (Phi) is 4.62. The zero-order valence-corrected chi connectivity index (χ0v) is 15.4. The van der Waals surface area contributed by atoms with E-state index in [9.17, 15) is 0 Å². The maximum atomic E-state index is 5.59. The van der Waals surface area contributed by atoms with Crippen LogP contribution < -0.4 is 9.47 Å². The molecule has 0 aliphatic carbocycles. The predicted octanol–water partition coefficient (Wildman–Crippen LogP) is 3.71. The third kappa shape index (κ3) is 3.17. The Balaban J connectivity index is 1.71. The molecule has 6 nitrogen and oxygen atoms in total. The van der Waals surface area contributed by atoms with E-state index >= 15 is 0 Å². The number of nitrogens with zero attached hydrogens (tertiary/aromatic N) is 4. The van der Waals surface area contributed by atoms with Crippen LogP contribution in [0.5, 0.6) is 11.5 Å². The quantitative estimate of drug-likeness (QED) is 0.689. The Morgan fingerprint density at radius 3 is 2.65 bits per heavy atom. The second-order valence-electron chi connectivity index (χ2n) is 5.64. The molecule has 0 spiro atoms. The van der Waals surface area contributed by atoms with Crippen molar-refractivity contribution in [1.29, 1.82) is 0 Å². The fourth-order valence-electron chi connectivity index (χ4n) is 2.72. The number of rotatable bonds is 5. The number of hydrogen-bond acceptors (Lipinski definition) is 6. The van der Waals surface area contributed by atoms with Crippen molar-refractivity contribution in [3.8, 4) is 22.9 Å². The molecule has 0 saturated carbocycles. The van der Waals surface area contributed by atoms with Crippen LogP contribution in [-0.2, 0) is 0 Å². The molecule has 1 aliphatic rings. The molecule has 26 heavy (non-hydrogen) atoms. The van der Waals surface area contributed by atoms with E-state index in [0.29, 0.717) is 12.4 Å². The molecular formula is C19H18N4O2S. The molecule has 0 fully saturated rings. The van der Waals surface area contributed by atoms with Gasteiger partial charge in [0.25, 0.3) is 0 Å². The van der Waals surface area contributed by atoms with Gasteiger partial charge in [-0.3, -0.25) is 0 Å². The monoisotopic (exact) mass is 366 g/mol. The second-order valence-corrected chi connectivity index (χ2v) is 6.59. The molecule has 3 aromatic rings. The standard InChI is InChI=1S/C19H18N4O2S/c1-3-25-16-6-4-5-14(11-16)18-20-21-19-23(18)22-17(12-26-19)13-7-9-15(24-2)10-8-13/h4-11H,3,12H2,1-2H3. The van der Waals surface area contributed by atoms with E-state index in [0.717, 1.165) is 39.2 Å². The predicted molar refractivity (Wildman–Crippen MR) is 102 cm³/mol. The lowest BCUT2D eigenvalue weighted by molar-refractivity contribution is 0.340. The molecule has 2 aromatic carbocycles. The van der Waals surface area contributed by atoms with Crippen molar-refractivity contribution in [2.24, 2.45) is 5.10 Å². The van der Waals surface area contributed by atoms with Crippen LogP contribution in [0, 0.1) is 0 Å². The number of aromatic nitrogens is 3. The van der Waals surface area contributed by atoms with Crippen molar-refractivity contribution in [3.63, 3.8) is 0 Å². The number of thioether (sulfide) groups is 1. The van der Waals surface area contributed by atoms with Crippen LogP contribution >= 0.6 is 11.8 Å². The molecule has 0 radical (unpaired) electrons. The highest BCUT2D eigenvalue weighted by Gasteiger charge is 2.21. The van der Waals surface area contributed by atoms with Gasteiger partial charge in [-0.25, -0.2) is 0 Å². The maximum absolute atomic E-state index is 5.59. The molecule has 0 saturated heterocycles. The summed E-state index contributed by atoms with van der Waals surface area (Å²) in [5.74, 6) is 3.10. The van der Waals surface area contributed by atoms with E-state index in [1.54, 1.807) is 23.5 Å². The van der Waals surface area contributed by atoms with Gasteiger partial charge in [-0.2, -0.15) is 9.78 Å². The van der Waals surface area contributed by atoms with Gasteiger partial charge in [-0.1, -0.05) is 23.9 Å². The van der Waals surface area contributed by atoms with Crippen LogP contribution in [0.25, 0.3) is 11.4 Å². The number of methoxy groups -OCH3 is 1. The molecule has 2 heterocycles. The van der Waals surface area contributed by atoms with E-state index in [1.807, 2.05) is 55.5 Å². The van der Waals surface area contributed by atoms with Crippen LogP contribution in [0.4, 0.5) is 0 Å². The van der Waals surface area contributed by atoms with Crippen LogP contribution in [0.3, 0.4) is 0 Å². The molecule has 0 unspecified atom stereocenters. The van der Waals surface area contributed by atoms with E-state index < -0.39 is 0 Å². The van der Waals surface area contributed by atoms with E-state index in [2.05, 4.69) is 10.2 Å². The Bertz CT molecular complexity index is 950. The van der Waals surface area contributed by atoms with Gasteiger partial charge in [0.15, 0.2) is 5.82 Å². The molecular weight excluding hydrogens is 348 g/mol. The summed E-state index contributed by atoms with van der Waals surface area (Å²) in [6, 6.07) is 15.7. The molecule has 7 heteroatoms. The SMILES string of the molecule is CCOc1cccc(-c2nnc3n2N=C(c2ccc(OC)cc2)CS3)c1. The van der Waals surface area contributed by atoms with Gasteiger partial charge in [-0.05, 0) is 48.9 Å². The van der Waals surface area contributed by atoms with Crippen LogP contribution in [0.1, 0.15) is 12.5 Å². The Morgan fingerprint density at radius 2 is 1.88 bits per heavy atom. The topological polar surface area (TPSA) is 61.5 Å². The first-order valence-electron chi connectivity index (χ1n) is 8.32. The first-order chi connectivity index (χ1) is 12.8. The summed E-state index contributed by atoms with van der Waals surface area (Å²) in [6.07, 6.45) is 0. The zero-order valence-electron chi connectivity index (χ0n) is 14.5. The molecule has 0 atom stereocenters. The Labute approximate surface area is 155 Å². The minimum absolute atomic E-state index is 0.622.